The number of nitrogens with one attached hydrogen (secondary N) is 3. The lowest BCUT2D eigenvalue weighted by Gasteiger charge is -2.13. The molecule has 0 spiro atoms. The summed E-state index contributed by atoms with van der Waals surface area (Å²) < 4.78 is 7.05. The van der Waals surface area contributed by atoms with Gasteiger partial charge in [-0.15, -0.1) is 0 Å². The van der Waals surface area contributed by atoms with Gasteiger partial charge in [-0.25, -0.2) is 24.7 Å². The summed E-state index contributed by atoms with van der Waals surface area (Å²) in [5.41, 5.74) is 1.79. The molecule has 1 aliphatic rings. The second-order valence-electron chi connectivity index (χ2n) is 8.05. The van der Waals surface area contributed by atoms with Gasteiger partial charge < -0.3 is 15.4 Å². The number of hydrogen-bond acceptors (Lipinski definition) is 9. The molecule has 0 radical (unpaired) electrons. The molecule has 0 unspecified atom stereocenters. The van der Waals surface area contributed by atoms with Crippen molar-refractivity contribution in [2.24, 2.45) is 5.92 Å². The van der Waals surface area contributed by atoms with Gasteiger partial charge in [0.05, 0.1) is 41.9 Å². The Morgan fingerprint density at radius 2 is 1.94 bits per heavy atom. The lowest BCUT2D eigenvalue weighted by Crippen LogP contribution is -2.26. The summed E-state index contributed by atoms with van der Waals surface area (Å²) in [4.78, 5) is 41.9. The Hall–Kier alpha value is -4.09. The van der Waals surface area contributed by atoms with Crippen LogP contribution in [-0.2, 0) is 6.54 Å². The number of anilines is 3. The van der Waals surface area contributed by atoms with E-state index < -0.39 is 6.09 Å². The Balaban J connectivity index is 1.56. The molecule has 0 aliphatic heterocycles. The number of nitrogens with zero attached hydrogens (tertiary/aromatic N) is 6. The maximum Gasteiger partial charge on any atom is 0.418 e. The van der Waals surface area contributed by atoms with E-state index in [1.807, 2.05) is 13.8 Å². The van der Waals surface area contributed by atoms with E-state index in [4.69, 9.17) is 4.74 Å². The molecule has 0 saturated heterocycles. The van der Waals surface area contributed by atoms with Gasteiger partial charge >= 0.3 is 6.09 Å². The fourth-order valence-electron chi connectivity index (χ4n) is 3.16. The van der Waals surface area contributed by atoms with Gasteiger partial charge in [-0.2, -0.15) is 5.10 Å². The van der Waals surface area contributed by atoms with Crippen LogP contribution in [0.5, 0.6) is 5.88 Å². The van der Waals surface area contributed by atoms with Crippen LogP contribution in [0.1, 0.15) is 48.8 Å². The molecule has 1 saturated carbocycles. The fraction of sp³-hybridized carbons (Fsp3) is 0.381. The van der Waals surface area contributed by atoms with E-state index in [1.54, 1.807) is 23.3 Å². The largest absolute Gasteiger partial charge is 0.418 e. The lowest BCUT2D eigenvalue weighted by atomic mass is 10.2. The van der Waals surface area contributed by atoms with Gasteiger partial charge in [0.1, 0.15) is 12.0 Å². The van der Waals surface area contributed by atoms with E-state index in [0.29, 0.717) is 18.2 Å². The molecule has 12 heteroatoms. The van der Waals surface area contributed by atoms with E-state index in [0.717, 1.165) is 18.5 Å². The number of ether oxygens (including phenoxy) is 1. The van der Waals surface area contributed by atoms with Crippen LogP contribution >= 0.6 is 0 Å². The molecule has 3 N–H and O–H groups in total. The van der Waals surface area contributed by atoms with Crippen LogP contribution in [0.2, 0.25) is 0 Å². The molecule has 0 bridgehead atoms. The van der Waals surface area contributed by atoms with Crippen molar-refractivity contribution in [1.29, 1.82) is 0 Å². The third-order valence-electron chi connectivity index (χ3n) is 4.82. The van der Waals surface area contributed by atoms with Crippen LogP contribution in [0.15, 0.2) is 31.1 Å². The van der Waals surface area contributed by atoms with E-state index in [-0.39, 0.29) is 34.9 Å². The first-order valence-corrected chi connectivity index (χ1v) is 10.6. The minimum Gasteiger partial charge on any atom is -0.387 e. The first-order valence-electron chi connectivity index (χ1n) is 10.6. The molecule has 4 rings (SSSR count). The predicted molar refractivity (Wildman–Crippen MR) is 119 cm³/mol. The number of amides is 2. The molecular weight excluding hydrogens is 426 g/mol. The molecule has 0 atom stereocenters. The first kappa shape index (κ1) is 22.1. The minimum absolute atomic E-state index is 0.0109. The zero-order valence-electron chi connectivity index (χ0n) is 18.6. The third-order valence-corrected chi connectivity index (χ3v) is 4.82. The summed E-state index contributed by atoms with van der Waals surface area (Å²) in [6.45, 7) is 4.53. The van der Waals surface area contributed by atoms with Gasteiger partial charge in [0.25, 0.3) is 11.8 Å². The van der Waals surface area contributed by atoms with Crippen molar-refractivity contribution < 1.29 is 14.3 Å². The van der Waals surface area contributed by atoms with Crippen molar-refractivity contribution in [2.45, 2.75) is 39.2 Å². The predicted octanol–water partition coefficient (Wildman–Crippen LogP) is 2.71. The van der Waals surface area contributed by atoms with Crippen molar-refractivity contribution in [3.63, 3.8) is 0 Å². The van der Waals surface area contributed by atoms with Crippen LogP contribution in [0.4, 0.5) is 22.0 Å². The number of carbonyl (C=O) groups is 2. The molecule has 3 heterocycles. The molecule has 1 fully saturated rings. The van der Waals surface area contributed by atoms with Crippen molar-refractivity contribution in [2.75, 3.05) is 17.7 Å². The molecule has 172 valence electrons. The highest BCUT2D eigenvalue weighted by atomic mass is 16.6. The SMILES string of the molecule is CNC(=O)c1c(NC(=O)Oc2nc(C3CC3)cnc2Nc2cncnc2)cnn1CC(C)C. The maximum atomic E-state index is 12.8. The van der Waals surface area contributed by atoms with Gasteiger partial charge in [-0.3, -0.25) is 14.8 Å². The van der Waals surface area contributed by atoms with E-state index in [9.17, 15) is 9.59 Å². The summed E-state index contributed by atoms with van der Waals surface area (Å²) in [6, 6.07) is 0. The topological polar surface area (TPSA) is 149 Å². The van der Waals surface area contributed by atoms with Crippen LogP contribution in [0.3, 0.4) is 0 Å². The Bertz CT molecular complexity index is 1140. The molecule has 2 amide bonds. The number of rotatable bonds is 8. The summed E-state index contributed by atoms with van der Waals surface area (Å²) in [5, 5.41) is 12.4. The van der Waals surface area contributed by atoms with Gasteiger partial charge in [0, 0.05) is 19.5 Å². The van der Waals surface area contributed by atoms with E-state index >= 15 is 0 Å². The summed E-state index contributed by atoms with van der Waals surface area (Å²) >= 11 is 0. The van der Waals surface area contributed by atoms with Gasteiger partial charge in [-0.1, -0.05) is 13.8 Å². The molecule has 33 heavy (non-hydrogen) atoms. The first-order chi connectivity index (χ1) is 15.9. The van der Waals surface area contributed by atoms with Crippen molar-refractivity contribution in [3.8, 4) is 5.88 Å². The zero-order valence-corrected chi connectivity index (χ0v) is 18.6. The Kier molecular flexibility index (Phi) is 6.43. The maximum absolute atomic E-state index is 12.8. The molecule has 0 aromatic carbocycles. The highest BCUT2D eigenvalue weighted by molar-refractivity contribution is 6.01. The van der Waals surface area contributed by atoms with Crippen LogP contribution in [0.25, 0.3) is 0 Å². The van der Waals surface area contributed by atoms with E-state index in [1.165, 1.54) is 19.6 Å². The van der Waals surface area contributed by atoms with Crippen LogP contribution in [-0.4, -0.2) is 48.8 Å². The second-order valence-corrected chi connectivity index (χ2v) is 8.05. The zero-order chi connectivity index (χ0) is 23.4. The standard InChI is InChI=1S/C21H25N9O3/c1-12(2)10-30-17(19(31)22-3)16(9-26-30)29-21(32)33-20-18(27-14-6-23-11-24-7-14)25-8-15(28-20)13-4-5-13/h6-9,11-13H,4-5,10H2,1-3H3,(H,22,31)(H,25,27)(H,29,32). The van der Waals surface area contributed by atoms with Gasteiger partial charge in [0.15, 0.2) is 5.82 Å². The fourth-order valence-corrected chi connectivity index (χ4v) is 3.16. The number of aromatic nitrogens is 6. The third kappa shape index (κ3) is 5.40. The molecule has 1 aliphatic carbocycles. The van der Waals surface area contributed by atoms with Gasteiger partial charge in [0.2, 0.25) is 0 Å². The second kappa shape index (κ2) is 9.59. The average Bonchev–Trinajstić information content (AvgIpc) is 3.57. The average molecular weight is 451 g/mol. The highest BCUT2D eigenvalue weighted by Crippen LogP contribution is 2.40. The van der Waals surface area contributed by atoms with Crippen LogP contribution < -0.4 is 20.7 Å². The number of carbonyl (C=O) groups excluding carboxylic acids is 2. The molecule has 12 nitrogen and oxygen atoms in total. The Morgan fingerprint density at radius 3 is 2.61 bits per heavy atom. The quantitative estimate of drug-likeness (QED) is 0.470. The molecule has 3 aromatic rings. The Morgan fingerprint density at radius 1 is 1.18 bits per heavy atom. The normalized spacial score (nSPS) is 13.0. The van der Waals surface area contributed by atoms with Crippen molar-refractivity contribution >= 4 is 29.2 Å². The molecule has 3 aromatic heterocycles. The van der Waals surface area contributed by atoms with Crippen molar-refractivity contribution in [1.82, 2.24) is 35.0 Å². The summed E-state index contributed by atoms with van der Waals surface area (Å²) in [7, 11) is 1.52. The van der Waals surface area contributed by atoms with Crippen LogP contribution in [0, 0.1) is 5.92 Å². The minimum atomic E-state index is -0.821. The van der Waals surface area contributed by atoms with E-state index in [2.05, 4.69) is 41.0 Å². The van der Waals surface area contributed by atoms with Crippen molar-refractivity contribution in [3.05, 3.63) is 42.5 Å². The number of hydrogen-bond donors (Lipinski definition) is 3. The lowest BCUT2D eigenvalue weighted by molar-refractivity contribution is 0.0952. The summed E-state index contributed by atoms with van der Waals surface area (Å²) in [6.07, 6.45) is 8.82. The monoisotopic (exact) mass is 451 g/mol. The molecular formula is C21H25N9O3. The summed E-state index contributed by atoms with van der Waals surface area (Å²) in [5.74, 6) is 0.448. The highest BCUT2D eigenvalue weighted by Gasteiger charge is 2.28. The van der Waals surface area contributed by atoms with Gasteiger partial charge in [-0.05, 0) is 18.8 Å². The smallest absolute Gasteiger partial charge is 0.387 e. The Labute approximate surface area is 190 Å².